The van der Waals surface area contributed by atoms with Gasteiger partial charge >= 0.3 is 5.97 Å². The van der Waals surface area contributed by atoms with Crippen LogP contribution in [0.15, 0.2) is 23.4 Å². The fourth-order valence-corrected chi connectivity index (χ4v) is 1.39. The summed E-state index contributed by atoms with van der Waals surface area (Å²) >= 11 is 0. The molecule has 15 heavy (non-hydrogen) atoms. The molecule has 0 fully saturated rings. The van der Waals surface area contributed by atoms with Crippen LogP contribution in [0.4, 0.5) is 0 Å². The minimum absolute atomic E-state index is 0.214. The molecule has 1 aromatic heterocycles. The standard InChI is InChI=1S/C10H14N2O3/c1-7(2)5-8(10(14)15)12-4-3-11-6-9(12)13/h3-4,6-8H,5H2,1-2H3,(H,14,15). The van der Waals surface area contributed by atoms with E-state index < -0.39 is 12.0 Å². The number of aromatic nitrogens is 2. The van der Waals surface area contributed by atoms with Crippen LogP contribution in [0.5, 0.6) is 0 Å². The number of nitrogens with zero attached hydrogens (tertiary/aromatic N) is 2. The Labute approximate surface area is 87.4 Å². The highest BCUT2D eigenvalue weighted by atomic mass is 16.4. The molecule has 5 heteroatoms. The van der Waals surface area contributed by atoms with Crippen LogP contribution in [0, 0.1) is 5.92 Å². The van der Waals surface area contributed by atoms with E-state index in [1.165, 1.54) is 17.0 Å². The third-order valence-electron chi connectivity index (χ3n) is 2.07. The largest absolute Gasteiger partial charge is 0.480 e. The van der Waals surface area contributed by atoms with Crippen LogP contribution in [0.25, 0.3) is 0 Å². The minimum atomic E-state index is -0.989. The highest BCUT2D eigenvalue weighted by Crippen LogP contribution is 2.15. The second-order valence-electron chi connectivity index (χ2n) is 3.81. The first-order chi connectivity index (χ1) is 7.02. The molecule has 0 aromatic carbocycles. The summed E-state index contributed by atoms with van der Waals surface area (Å²) in [6, 6.07) is -0.805. The van der Waals surface area contributed by atoms with Gasteiger partial charge in [0.15, 0.2) is 0 Å². The average Bonchev–Trinajstić information content (AvgIpc) is 2.15. The number of aliphatic carboxylic acids is 1. The van der Waals surface area contributed by atoms with Crippen molar-refractivity contribution in [1.82, 2.24) is 9.55 Å². The molecule has 0 radical (unpaired) electrons. The van der Waals surface area contributed by atoms with E-state index in [1.54, 1.807) is 0 Å². The zero-order valence-corrected chi connectivity index (χ0v) is 8.75. The molecule has 1 N–H and O–H groups in total. The van der Waals surface area contributed by atoms with Gasteiger partial charge in [0.25, 0.3) is 5.56 Å². The van der Waals surface area contributed by atoms with Crippen LogP contribution in [-0.2, 0) is 4.79 Å². The Morgan fingerprint density at radius 1 is 1.60 bits per heavy atom. The van der Waals surface area contributed by atoms with Gasteiger partial charge in [0.2, 0.25) is 0 Å². The lowest BCUT2D eigenvalue weighted by Crippen LogP contribution is -2.30. The lowest BCUT2D eigenvalue weighted by atomic mass is 10.0. The predicted molar refractivity (Wildman–Crippen MR) is 54.6 cm³/mol. The molecule has 1 unspecified atom stereocenters. The van der Waals surface area contributed by atoms with Gasteiger partial charge < -0.3 is 5.11 Å². The second kappa shape index (κ2) is 4.72. The van der Waals surface area contributed by atoms with Crippen LogP contribution in [0.3, 0.4) is 0 Å². The molecule has 0 bridgehead atoms. The Kier molecular flexibility index (Phi) is 3.60. The van der Waals surface area contributed by atoms with Gasteiger partial charge in [0, 0.05) is 12.4 Å². The summed E-state index contributed by atoms with van der Waals surface area (Å²) < 4.78 is 1.20. The third-order valence-corrected chi connectivity index (χ3v) is 2.07. The molecule has 1 heterocycles. The van der Waals surface area contributed by atoms with Gasteiger partial charge in [-0.3, -0.25) is 14.3 Å². The highest BCUT2D eigenvalue weighted by molar-refractivity contribution is 5.71. The van der Waals surface area contributed by atoms with Crippen molar-refractivity contribution in [3.8, 4) is 0 Å². The zero-order valence-electron chi connectivity index (χ0n) is 8.75. The number of carboxylic acids is 1. The molecule has 1 aromatic rings. The first-order valence-corrected chi connectivity index (χ1v) is 4.77. The Morgan fingerprint density at radius 3 is 2.73 bits per heavy atom. The number of carboxylic acid groups (broad SMARTS) is 1. The van der Waals surface area contributed by atoms with Crippen molar-refractivity contribution in [3.05, 3.63) is 28.9 Å². The summed E-state index contributed by atoms with van der Waals surface area (Å²) in [5.74, 6) is -0.775. The lowest BCUT2D eigenvalue weighted by molar-refractivity contribution is -0.141. The first kappa shape index (κ1) is 11.4. The molecule has 0 aliphatic rings. The topological polar surface area (TPSA) is 72.2 Å². The number of hydrogen-bond donors (Lipinski definition) is 1. The summed E-state index contributed by atoms with van der Waals surface area (Å²) in [7, 11) is 0. The van der Waals surface area contributed by atoms with Crippen molar-refractivity contribution in [2.75, 3.05) is 0 Å². The smallest absolute Gasteiger partial charge is 0.326 e. The maximum absolute atomic E-state index is 11.4. The van der Waals surface area contributed by atoms with Gasteiger partial charge in [0.05, 0.1) is 6.20 Å². The molecule has 0 aliphatic heterocycles. The van der Waals surface area contributed by atoms with E-state index in [0.717, 1.165) is 6.20 Å². The molecule has 0 aliphatic carbocycles. The Hall–Kier alpha value is -1.65. The number of rotatable bonds is 4. The Balaban J connectivity index is 3.05. The normalized spacial score (nSPS) is 12.7. The molecular weight excluding hydrogens is 196 g/mol. The van der Waals surface area contributed by atoms with E-state index in [1.807, 2.05) is 13.8 Å². The van der Waals surface area contributed by atoms with E-state index >= 15 is 0 Å². The zero-order chi connectivity index (χ0) is 11.4. The summed E-state index contributed by atoms with van der Waals surface area (Å²) in [6.45, 7) is 3.84. The van der Waals surface area contributed by atoms with E-state index in [2.05, 4.69) is 4.98 Å². The van der Waals surface area contributed by atoms with E-state index in [0.29, 0.717) is 6.42 Å². The van der Waals surface area contributed by atoms with Gasteiger partial charge in [-0.2, -0.15) is 0 Å². The van der Waals surface area contributed by atoms with Gasteiger partial charge in [0.1, 0.15) is 6.04 Å². The summed E-state index contributed by atoms with van der Waals surface area (Å²) in [4.78, 5) is 26.0. The average molecular weight is 210 g/mol. The van der Waals surface area contributed by atoms with Crippen LogP contribution in [-0.4, -0.2) is 20.6 Å². The van der Waals surface area contributed by atoms with Crippen molar-refractivity contribution in [1.29, 1.82) is 0 Å². The summed E-state index contributed by atoms with van der Waals surface area (Å²) in [6.07, 6.45) is 4.37. The van der Waals surface area contributed by atoms with Crippen molar-refractivity contribution >= 4 is 5.97 Å². The highest BCUT2D eigenvalue weighted by Gasteiger charge is 2.21. The molecule has 1 rings (SSSR count). The maximum Gasteiger partial charge on any atom is 0.326 e. The van der Waals surface area contributed by atoms with Crippen LogP contribution < -0.4 is 5.56 Å². The second-order valence-corrected chi connectivity index (χ2v) is 3.81. The van der Waals surface area contributed by atoms with Gasteiger partial charge in [-0.1, -0.05) is 13.8 Å². The quantitative estimate of drug-likeness (QED) is 0.801. The molecule has 1 atom stereocenters. The van der Waals surface area contributed by atoms with E-state index in [4.69, 9.17) is 5.11 Å². The van der Waals surface area contributed by atoms with Crippen molar-refractivity contribution in [2.45, 2.75) is 26.3 Å². The molecule has 82 valence electrons. The van der Waals surface area contributed by atoms with Gasteiger partial charge in [-0.25, -0.2) is 4.79 Å². The van der Waals surface area contributed by atoms with Crippen molar-refractivity contribution in [3.63, 3.8) is 0 Å². The fraction of sp³-hybridized carbons (Fsp3) is 0.500. The van der Waals surface area contributed by atoms with Crippen LogP contribution in [0.2, 0.25) is 0 Å². The molecule has 0 spiro atoms. The van der Waals surface area contributed by atoms with Crippen LogP contribution >= 0.6 is 0 Å². The predicted octanol–water partition coefficient (Wildman–Crippen LogP) is 0.915. The van der Waals surface area contributed by atoms with Gasteiger partial charge in [-0.05, 0) is 12.3 Å². The lowest BCUT2D eigenvalue weighted by Gasteiger charge is -2.16. The monoisotopic (exact) mass is 210 g/mol. The SMILES string of the molecule is CC(C)CC(C(=O)O)n1ccncc1=O. The first-order valence-electron chi connectivity index (χ1n) is 4.77. The summed E-state index contributed by atoms with van der Waals surface area (Å²) in [5.41, 5.74) is -0.384. The molecule has 0 saturated heterocycles. The number of carbonyl (C=O) groups is 1. The van der Waals surface area contributed by atoms with Gasteiger partial charge in [-0.15, -0.1) is 0 Å². The third kappa shape index (κ3) is 2.90. The van der Waals surface area contributed by atoms with E-state index in [-0.39, 0.29) is 11.5 Å². The Morgan fingerprint density at radius 2 is 2.27 bits per heavy atom. The van der Waals surface area contributed by atoms with E-state index in [9.17, 15) is 9.59 Å². The van der Waals surface area contributed by atoms with Crippen LogP contribution in [0.1, 0.15) is 26.3 Å². The molecule has 0 amide bonds. The number of hydrogen-bond acceptors (Lipinski definition) is 3. The summed E-state index contributed by atoms with van der Waals surface area (Å²) in [5, 5.41) is 9.02. The molecular formula is C10H14N2O3. The minimum Gasteiger partial charge on any atom is -0.480 e. The fourth-order valence-electron chi connectivity index (χ4n) is 1.39. The van der Waals surface area contributed by atoms with Crippen molar-refractivity contribution < 1.29 is 9.90 Å². The maximum atomic E-state index is 11.4. The van der Waals surface area contributed by atoms with Crippen molar-refractivity contribution in [2.24, 2.45) is 5.92 Å². The molecule has 5 nitrogen and oxygen atoms in total. The Bertz CT molecular complexity index is 398. The molecule has 0 saturated carbocycles.